The van der Waals surface area contributed by atoms with Crippen LogP contribution in [0.4, 0.5) is 0 Å². The summed E-state index contributed by atoms with van der Waals surface area (Å²) in [7, 11) is 0. The molecule has 0 fully saturated rings. The number of pyridine rings is 1. The SMILES string of the molecule is O=C1CCC(C(=O)NCc2ccnc3ccccc23)=NN1. The lowest BCUT2D eigenvalue weighted by Gasteiger charge is -2.12. The van der Waals surface area contributed by atoms with Crippen molar-refractivity contribution in [2.75, 3.05) is 0 Å². The van der Waals surface area contributed by atoms with Gasteiger partial charge in [0.1, 0.15) is 5.71 Å². The van der Waals surface area contributed by atoms with E-state index in [0.717, 1.165) is 16.5 Å². The Morgan fingerprint density at radius 3 is 2.90 bits per heavy atom. The van der Waals surface area contributed by atoms with E-state index in [-0.39, 0.29) is 11.8 Å². The molecular formula is C15H14N4O2. The molecule has 1 aromatic heterocycles. The second-order valence-electron chi connectivity index (χ2n) is 4.76. The molecule has 0 saturated heterocycles. The third-order valence-electron chi connectivity index (χ3n) is 3.35. The smallest absolute Gasteiger partial charge is 0.267 e. The minimum Gasteiger partial charge on any atom is -0.347 e. The fourth-order valence-corrected chi connectivity index (χ4v) is 2.22. The van der Waals surface area contributed by atoms with E-state index < -0.39 is 0 Å². The van der Waals surface area contributed by atoms with Crippen LogP contribution in [0, 0.1) is 0 Å². The number of para-hydroxylation sites is 1. The number of aromatic nitrogens is 1. The van der Waals surface area contributed by atoms with E-state index in [9.17, 15) is 9.59 Å². The number of rotatable bonds is 3. The van der Waals surface area contributed by atoms with Crippen LogP contribution in [0.2, 0.25) is 0 Å². The van der Waals surface area contributed by atoms with Crippen molar-refractivity contribution in [1.29, 1.82) is 0 Å². The van der Waals surface area contributed by atoms with E-state index in [1.54, 1.807) is 6.20 Å². The lowest BCUT2D eigenvalue weighted by molar-refractivity contribution is -0.121. The number of carbonyl (C=O) groups is 2. The van der Waals surface area contributed by atoms with Gasteiger partial charge in [-0.25, -0.2) is 5.43 Å². The first kappa shape index (κ1) is 13.2. The van der Waals surface area contributed by atoms with Crippen molar-refractivity contribution in [3.63, 3.8) is 0 Å². The Morgan fingerprint density at radius 2 is 2.10 bits per heavy atom. The van der Waals surface area contributed by atoms with E-state index in [2.05, 4.69) is 20.8 Å². The molecule has 0 radical (unpaired) electrons. The van der Waals surface area contributed by atoms with Gasteiger partial charge in [-0.3, -0.25) is 14.6 Å². The standard InChI is InChI=1S/C15H14N4O2/c20-14-6-5-13(18-19-14)15(21)17-9-10-7-8-16-12-4-2-1-3-11(10)12/h1-4,7-8H,5-6,9H2,(H,17,21)(H,19,20). The molecule has 1 aromatic carbocycles. The number of benzene rings is 1. The average Bonchev–Trinajstić information content (AvgIpc) is 2.53. The number of hydrogen-bond acceptors (Lipinski definition) is 4. The van der Waals surface area contributed by atoms with Crippen LogP contribution in [0.5, 0.6) is 0 Å². The fourth-order valence-electron chi connectivity index (χ4n) is 2.22. The maximum atomic E-state index is 12.0. The van der Waals surface area contributed by atoms with Gasteiger partial charge in [-0.2, -0.15) is 5.10 Å². The van der Waals surface area contributed by atoms with Crippen LogP contribution in [0.3, 0.4) is 0 Å². The zero-order valence-corrected chi connectivity index (χ0v) is 11.3. The van der Waals surface area contributed by atoms with Gasteiger partial charge >= 0.3 is 0 Å². The summed E-state index contributed by atoms with van der Waals surface area (Å²) in [5.74, 6) is -0.414. The number of hydrogen-bond donors (Lipinski definition) is 2. The number of amides is 2. The molecule has 2 aromatic rings. The molecule has 21 heavy (non-hydrogen) atoms. The summed E-state index contributed by atoms with van der Waals surface area (Å²) in [5.41, 5.74) is 4.56. The fraction of sp³-hybridized carbons (Fsp3) is 0.200. The van der Waals surface area contributed by atoms with E-state index in [4.69, 9.17) is 0 Å². The van der Waals surface area contributed by atoms with Crippen LogP contribution in [-0.4, -0.2) is 22.5 Å². The molecule has 0 unspecified atom stereocenters. The molecule has 0 bridgehead atoms. The largest absolute Gasteiger partial charge is 0.347 e. The highest BCUT2D eigenvalue weighted by Gasteiger charge is 2.18. The average molecular weight is 282 g/mol. The molecular weight excluding hydrogens is 268 g/mol. The van der Waals surface area contributed by atoms with Gasteiger partial charge in [0.25, 0.3) is 5.91 Å². The van der Waals surface area contributed by atoms with Gasteiger partial charge in [-0.15, -0.1) is 0 Å². The van der Waals surface area contributed by atoms with Gasteiger partial charge in [0, 0.05) is 31.0 Å². The molecule has 3 rings (SSSR count). The molecule has 0 atom stereocenters. The quantitative estimate of drug-likeness (QED) is 0.884. The molecule has 0 spiro atoms. The van der Waals surface area contributed by atoms with E-state index in [1.165, 1.54) is 0 Å². The monoisotopic (exact) mass is 282 g/mol. The summed E-state index contributed by atoms with van der Waals surface area (Å²) in [4.78, 5) is 27.3. The van der Waals surface area contributed by atoms with Gasteiger partial charge in [-0.05, 0) is 17.7 Å². The minimum absolute atomic E-state index is 0.160. The Morgan fingerprint density at radius 1 is 1.24 bits per heavy atom. The third kappa shape index (κ3) is 2.89. The number of nitrogens with zero attached hydrogens (tertiary/aromatic N) is 2. The van der Waals surface area contributed by atoms with E-state index in [0.29, 0.717) is 25.1 Å². The predicted octanol–water partition coefficient (Wildman–Crippen LogP) is 1.12. The summed E-state index contributed by atoms with van der Waals surface area (Å²) < 4.78 is 0. The van der Waals surface area contributed by atoms with Crippen LogP contribution in [0.1, 0.15) is 18.4 Å². The summed E-state index contributed by atoms with van der Waals surface area (Å²) in [6.07, 6.45) is 2.39. The molecule has 2 N–H and O–H groups in total. The predicted molar refractivity (Wildman–Crippen MR) is 78.4 cm³/mol. The number of fused-ring (bicyclic) bond motifs is 1. The van der Waals surface area contributed by atoms with Gasteiger partial charge in [0.15, 0.2) is 0 Å². The van der Waals surface area contributed by atoms with Crippen LogP contribution in [-0.2, 0) is 16.1 Å². The molecule has 1 aliphatic rings. The first-order valence-corrected chi connectivity index (χ1v) is 6.70. The molecule has 106 valence electrons. The minimum atomic E-state index is -0.254. The third-order valence-corrected chi connectivity index (χ3v) is 3.35. The highest BCUT2D eigenvalue weighted by molar-refractivity contribution is 6.39. The Labute approximate surface area is 121 Å². The van der Waals surface area contributed by atoms with Crippen LogP contribution >= 0.6 is 0 Å². The molecule has 6 nitrogen and oxygen atoms in total. The van der Waals surface area contributed by atoms with Gasteiger partial charge in [-0.1, -0.05) is 18.2 Å². The second-order valence-corrected chi connectivity index (χ2v) is 4.76. The maximum Gasteiger partial charge on any atom is 0.267 e. The number of nitrogens with one attached hydrogen (secondary N) is 2. The second kappa shape index (κ2) is 5.70. The summed E-state index contributed by atoms with van der Waals surface area (Å²) in [6, 6.07) is 9.66. The number of hydrazone groups is 1. The van der Waals surface area contributed by atoms with Crippen LogP contribution in [0.15, 0.2) is 41.6 Å². The van der Waals surface area contributed by atoms with Crippen molar-refractivity contribution in [1.82, 2.24) is 15.7 Å². The van der Waals surface area contributed by atoms with Crippen molar-refractivity contribution in [2.45, 2.75) is 19.4 Å². The molecule has 0 saturated carbocycles. The summed E-state index contributed by atoms with van der Waals surface area (Å²) in [5, 5.41) is 7.62. The zero-order chi connectivity index (χ0) is 14.7. The van der Waals surface area contributed by atoms with Gasteiger partial charge in [0.05, 0.1) is 5.52 Å². The highest BCUT2D eigenvalue weighted by atomic mass is 16.2. The van der Waals surface area contributed by atoms with Crippen molar-refractivity contribution >= 4 is 28.4 Å². The zero-order valence-electron chi connectivity index (χ0n) is 11.3. The van der Waals surface area contributed by atoms with Crippen molar-refractivity contribution < 1.29 is 9.59 Å². The van der Waals surface area contributed by atoms with E-state index >= 15 is 0 Å². The first-order chi connectivity index (χ1) is 10.2. The van der Waals surface area contributed by atoms with Crippen LogP contribution < -0.4 is 10.7 Å². The normalized spacial score (nSPS) is 14.5. The molecule has 6 heteroatoms. The van der Waals surface area contributed by atoms with Gasteiger partial charge < -0.3 is 5.32 Å². The van der Waals surface area contributed by atoms with Crippen molar-refractivity contribution in [3.8, 4) is 0 Å². The van der Waals surface area contributed by atoms with E-state index in [1.807, 2.05) is 30.3 Å². The Kier molecular flexibility index (Phi) is 3.59. The van der Waals surface area contributed by atoms with Crippen molar-refractivity contribution in [2.24, 2.45) is 5.10 Å². The molecule has 0 aliphatic carbocycles. The lowest BCUT2D eigenvalue weighted by atomic mass is 10.1. The Bertz CT molecular complexity index is 734. The first-order valence-electron chi connectivity index (χ1n) is 6.70. The lowest BCUT2D eigenvalue weighted by Crippen LogP contribution is -2.36. The summed E-state index contributed by atoms with van der Waals surface area (Å²) >= 11 is 0. The van der Waals surface area contributed by atoms with Gasteiger partial charge in [0.2, 0.25) is 5.91 Å². The Balaban J connectivity index is 1.72. The summed E-state index contributed by atoms with van der Waals surface area (Å²) in [6.45, 7) is 0.398. The van der Waals surface area contributed by atoms with Crippen LogP contribution in [0.25, 0.3) is 10.9 Å². The Hall–Kier alpha value is -2.76. The maximum absolute atomic E-state index is 12.0. The highest BCUT2D eigenvalue weighted by Crippen LogP contribution is 2.15. The molecule has 2 amide bonds. The molecule has 1 aliphatic heterocycles. The van der Waals surface area contributed by atoms with Crippen molar-refractivity contribution in [3.05, 3.63) is 42.1 Å². The molecule has 2 heterocycles. The number of carbonyl (C=O) groups excluding carboxylic acids is 2. The topological polar surface area (TPSA) is 83.5 Å².